The van der Waals surface area contributed by atoms with E-state index >= 15 is 0 Å². The molecule has 0 aliphatic rings. The molecule has 116 valence electrons. The van der Waals surface area contributed by atoms with E-state index in [-0.39, 0.29) is 16.7 Å². The maximum Gasteiger partial charge on any atom is 0.272 e. The van der Waals surface area contributed by atoms with Gasteiger partial charge in [0.2, 0.25) is 5.88 Å². The van der Waals surface area contributed by atoms with Crippen LogP contribution >= 0.6 is 0 Å². The number of anilines is 1. The minimum atomic E-state index is -0.372. The lowest BCUT2D eigenvalue weighted by Gasteiger charge is -2.15. The molecule has 0 saturated heterocycles. The highest BCUT2D eigenvalue weighted by molar-refractivity contribution is 5.46. The van der Waals surface area contributed by atoms with E-state index < -0.39 is 0 Å². The van der Waals surface area contributed by atoms with Crippen LogP contribution < -0.4 is 10.1 Å². The second-order valence-electron chi connectivity index (χ2n) is 4.84. The van der Waals surface area contributed by atoms with Gasteiger partial charge in [-0.05, 0) is 26.3 Å². The lowest BCUT2D eigenvalue weighted by Crippen LogP contribution is -2.09. The average molecular weight is 302 g/mol. The van der Waals surface area contributed by atoms with E-state index in [1.807, 2.05) is 19.9 Å². The monoisotopic (exact) mass is 302 g/mol. The molecule has 2 aromatic rings. The molecule has 0 saturated carbocycles. The molecule has 0 bridgehead atoms. The summed E-state index contributed by atoms with van der Waals surface area (Å²) < 4.78 is 5.32. The van der Waals surface area contributed by atoms with E-state index in [1.165, 1.54) is 6.33 Å². The van der Waals surface area contributed by atoms with Crippen molar-refractivity contribution in [2.75, 3.05) is 11.9 Å². The number of hydrogen-bond acceptors (Lipinski definition) is 6. The Labute approximate surface area is 128 Å². The average Bonchev–Trinajstić information content (AvgIpc) is 2.48. The first-order chi connectivity index (χ1) is 10.5. The fourth-order valence-corrected chi connectivity index (χ4v) is 2.04. The second-order valence-corrected chi connectivity index (χ2v) is 4.84. The number of aryl methyl sites for hydroxylation is 1. The highest BCUT2D eigenvalue weighted by Crippen LogP contribution is 2.25. The summed E-state index contributed by atoms with van der Waals surface area (Å²) in [5.74, 6) is 1.09. The molecule has 0 fully saturated rings. The zero-order chi connectivity index (χ0) is 16.1. The van der Waals surface area contributed by atoms with Crippen molar-refractivity contribution in [2.24, 2.45) is 0 Å². The molecular weight excluding hydrogens is 284 g/mol. The van der Waals surface area contributed by atoms with Crippen LogP contribution in [-0.2, 0) is 0 Å². The SMILES string of the molecule is CCOc1cc(NC(C)c2ccc(C)c([N+](=O)[O-])c2)ncn1. The smallest absolute Gasteiger partial charge is 0.272 e. The van der Waals surface area contributed by atoms with E-state index in [0.29, 0.717) is 23.9 Å². The van der Waals surface area contributed by atoms with Crippen LogP contribution in [0.3, 0.4) is 0 Å². The molecule has 0 amide bonds. The van der Waals surface area contributed by atoms with Crippen molar-refractivity contribution in [2.45, 2.75) is 26.8 Å². The molecular formula is C15H18N4O3. The highest BCUT2D eigenvalue weighted by Gasteiger charge is 2.14. The van der Waals surface area contributed by atoms with Crippen molar-refractivity contribution < 1.29 is 9.66 Å². The van der Waals surface area contributed by atoms with Crippen LogP contribution in [0.15, 0.2) is 30.6 Å². The number of ether oxygens (including phenoxy) is 1. The molecule has 7 heteroatoms. The van der Waals surface area contributed by atoms with E-state index in [9.17, 15) is 10.1 Å². The van der Waals surface area contributed by atoms with Crippen molar-refractivity contribution in [3.8, 4) is 5.88 Å². The number of nitrogens with zero attached hydrogens (tertiary/aromatic N) is 3. The maximum atomic E-state index is 11.0. The Morgan fingerprint density at radius 1 is 1.36 bits per heavy atom. The van der Waals surface area contributed by atoms with Gasteiger partial charge in [0.05, 0.1) is 17.6 Å². The zero-order valence-electron chi connectivity index (χ0n) is 12.7. The van der Waals surface area contributed by atoms with E-state index in [0.717, 1.165) is 5.56 Å². The number of aromatic nitrogens is 2. The van der Waals surface area contributed by atoms with Gasteiger partial charge < -0.3 is 10.1 Å². The third-order valence-corrected chi connectivity index (χ3v) is 3.23. The predicted molar refractivity (Wildman–Crippen MR) is 83.1 cm³/mol. The summed E-state index contributed by atoms with van der Waals surface area (Å²) in [5, 5.41) is 14.2. The van der Waals surface area contributed by atoms with Crippen LogP contribution in [-0.4, -0.2) is 21.5 Å². The van der Waals surface area contributed by atoms with Gasteiger partial charge in [0.1, 0.15) is 12.1 Å². The third kappa shape index (κ3) is 3.69. The van der Waals surface area contributed by atoms with Crippen molar-refractivity contribution >= 4 is 11.5 Å². The Morgan fingerprint density at radius 2 is 2.14 bits per heavy atom. The van der Waals surface area contributed by atoms with Crippen molar-refractivity contribution in [3.05, 3.63) is 51.8 Å². The summed E-state index contributed by atoms with van der Waals surface area (Å²) in [6, 6.07) is 6.76. The van der Waals surface area contributed by atoms with Crippen LogP contribution in [0.25, 0.3) is 0 Å². The van der Waals surface area contributed by atoms with Crippen molar-refractivity contribution in [1.82, 2.24) is 9.97 Å². The molecule has 1 aromatic carbocycles. The lowest BCUT2D eigenvalue weighted by molar-refractivity contribution is -0.385. The molecule has 0 aliphatic carbocycles. The molecule has 1 N–H and O–H groups in total. The summed E-state index contributed by atoms with van der Waals surface area (Å²) in [4.78, 5) is 18.8. The molecule has 1 heterocycles. The van der Waals surface area contributed by atoms with Gasteiger partial charge >= 0.3 is 0 Å². The first-order valence-electron chi connectivity index (χ1n) is 6.97. The number of rotatable bonds is 6. The Hall–Kier alpha value is -2.70. The van der Waals surface area contributed by atoms with Crippen LogP contribution in [0.1, 0.15) is 31.0 Å². The Bertz CT molecular complexity index is 676. The highest BCUT2D eigenvalue weighted by atomic mass is 16.6. The molecule has 7 nitrogen and oxygen atoms in total. The predicted octanol–water partition coefficient (Wildman–Crippen LogP) is 3.27. The quantitative estimate of drug-likeness (QED) is 0.650. The largest absolute Gasteiger partial charge is 0.478 e. The minimum Gasteiger partial charge on any atom is -0.478 e. The summed E-state index contributed by atoms with van der Waals surface area (Å²) in [6.45, 7) is 6.04. The summed E-state index contributed by atoms with van der Waals surface area (Å²) in [7, 11) is 0. The standard InChI is InChI=1S/C15H18N4O3/c1-4-22-15-8-14(16-9-17-15)18-11(3)12-6-5-10(2)13(7-12)19(20)21/h5-9,11H,4H2,1-3H3,(H,16,17,18). The Kier molecular flexibility index (Phi) is 4.88. The van der Waals surface area contributed by atoms with Gasteiger partial charge in [-0.3, -0.25) is 10.1 Å². The van der Waals surface area contributed by atoms with Gasteiger partial charge in [0.15, 0.2) is 0 Å². The number of nitro groups is 1. The van der Waals surface area contributed by atoms with Gasteiger partial charge in [-0.2, -0.15) is 0 Å². The molecule has 1 atom stereocenters. The third-order valence-electron chi connectivity index (χ3n) is 3.23. The fourth-order valence-electron chi connectivity index (χ4n) is 2.04. The molecule has 0 spiro atoms. The van der Waals surface area contributed by atoms with Gasteiger partial charge in [-0.1, -0.05) is 12.1 Å². The summed E-state index contributed by atoms with van der Waals surface area (Å²) >= 11 is 0. The number of hydrogen-bond donors (Lipinski definition) is 1. The van der Waals surface area contributed by atoms with Gasteiger partial charge in [0, 0.05) is 17.7 Å². The van der Waals surface area contributed by atoms with Crippen LogP contribution in [0.4, 0.5) is 11.5 Å². The number of nitro benzene ring substituents is 1. The number of benzene rings is 1. The van der Waals surface area contributed by atoms with Crippen LogP contribution in [0.2, 0.25) is 0 Å². The molecule has 1 unspecified atom stereocenters. The van der Waals surface area contributed by atoms with Crippen LogP contribution in [0.5, 0.6) is 5.88 Å². The van der Waals surface area contributed by atoms with Gasteiger partial charge in [-0.15, -0.1) is 0 Å². The van der Waals surface area contributed by atoms with E-state index in [1.54, 1.807) is 25.1 Å². The Morgan fingerprint density at radius 3 is 2.82 bits per heavy atom. The maximum absolute atomic E-state index is 11.0. The zero-order valence-corrected chi connectivity index (χ0v) is 12.7. The first kappa shape index (κ1) is 15.7. The van der Waals surface area contributed by atoms with E-state index in [2.05, 4.69) is 15.3 Å². The molecule has 22 heavy (non-hydrogen) atoms. The van der Waals surface area contributed by atoms with Crippen molar-refractivity contribution in [3.63, 3.8) is 0 Å². The lowest BCUT2D eigenvalue weighted by atomic mass is 10.0. The van der Waals surface area contributed by atoms with E-state index in [4.69, 9.17) is 4.74 Å². The molecule has 1 aromatic heterocycles. The second kappa shape index (κ2) is 6.84. The minimum absolute atomic E-state index is 0.115. The fraction of sp³-hybridized carbons (Fsp3) is 0.333. The topological polar surface area (TPSA) is 90.2 Å². The normalized spacial score (nSPS) is 11.8. The summed E-state index contributed by atoms with van der Waals surface area (Å²) in [6.07, 6.45) is 1.41. The van der Waals surface area contributed by atoms with Gasteiger partial charge in [-0.25, -0.2) is 9.97 Å². The van der Waals surface area contributed by atoms with Crippen molar-refractivity contribution in [1.29, 1.82) is 0 Å². The first-order valence-corrected chi connectivity index (χ1v) is 6.97. The molecule has 0 radical (unpaired) electrons. The Balaban J connectivity index is 2.18. The van der Waals surface area contributed by atoms with Gasteiger partial charge in [0.25, 0.3) is 5.69 Å². The molecule has 2 rings (SSSR count). The summed E-state index contributed by atoms with van der Waals surface area (Å²) in [5.41, 5.74) is 1.57. The van der Waals surface area contributed by atoms with Crippen LogP contribution in [0, 0.1) is 17.0 Å². The molecule has 0 aliphatic heterocycles. The number of nitrogens with one attached hydrogen (secondary N) is 1.